The van der Waals surface area contributed by atoms with Gasteiger partial charge >= 0.3 is 0 Å². The van der Waals surface area contributed by atoms with Crippen molar-refractivity contribution in [1.82, 2.24) is 29.9 Å². The van der Waals surface area contributed by atoms with Crippen LogP contribution in [0.15, 0.2) is 79.6 Å². The molecular weight excluding hydrogens is 502 g/mol. The summed E-state index contributed by atoms with van der Waals surface area (Å²) in [4.78, 5) is 25.2. The average Bonchev–Trinajstić information content (AvgIpc) is 3.40. The summed E-state index contributed by atoms with van der Waals surface area (Å²) in [5.74, 6) is 1.26. The second kappa shape index (κ2) is 9.84. The van der Waals surface area contributed by atoms with Gasteiger partial charge in [0.1, 0.15) is 29.2 Å². The first-order valence-corrected chi connectivity index (χ1v) is 12.6. The van der Waals surface area contributed by atoms with Gasteiger partial charge in [0, 0.05) is 51.4 Å². The van der Waals surface area contributed by atoms with Crippen LogP contribution < -0.4 is 15.4 Å². The molecule has 0 amide bonds. The molecule has 38 heavy (non-hydrogen) atoms. The number of aromatic nitrogens is 6. The summed E-state index contributed by atoms with van der Waals surface area (Å²) in [7, 11) is 0. The van der Waals surface area contributed by atoms with Crippen molar-refractivity contribution in [3.05, 3.63) is 85.2 Å². The molecule has 4 heterocycles. The Labute approximate surface area is 219 Å². The molecule has 0 radical (unpaired) electrons. The smallest absolute Gasteiger partial charge is 0.181 e. The molecular formula is C26H20N9O2S-. The highest BCUT2D eigenvalue weighted by molar-refractivity contribution is 7.80. The number of pyridine rings is 2. The van der Waals surface area contributed by atoms with Gasteiger partial charge in [-0.3, -0.25) is 4.21 Å². The van der Waals surface area contributed by atoms with E-state index in [2.05, 4.69) is 45.3 Å². The first-order valence-electron chi connectivity index (χ1n) is 11.5. The number of nitrogens with one attached hydrogen (secondary N) is 4. The van der Waals surface area contributed by atoms with Gasteiger partial charge < -0.3 is 24.9 Å². The lowest BCUT2D eigenvalue weighted by Gasteiger charge is -2.17. The number of rotatable bonds is 7. The zero-order valence-corrected chi connectivity index (χ0v) is 20.8. The number of hydrogen-bond donors (Lipinski definition) is 4. The van der Waals surface area contributed by atoms with Gasteiger partial charge in [-0.2, -0.15) is 0 Å². The van der Waals surface area contributed by atoms with E-state index in [-0.39, 0.29) is 0 Å². The molecule has 6 aromatic rings. The predicted molar refractivity (Wildman–Crippen MR) is 147 cm³/mol. The van der Waals surface area contributed by atoms with Gasteiger partial charge in [0.25, 0.3) is 0 Å². The Morgan fingerprint density at radius 2 is 1.71 bits per heavy atom. The van der Waals surface area contributed by atoms with Crippen LogP contribution in [0.3, 0.4) is 0 Å². The SMILES string of the molecule is Cc1ccc2c(Nc3cccc(NS(=O)[O-])c3)nccc2c1Nc1ncccc1-c1ncnc2nc[nH]c12. The maximum absolute atomic E-state index is 11.0. The van der Waals surface area contributed by atoms with Crippen molar-refractivity contribution in [3.63, 3.8) is 0 Å². The Bertz CT molecular complexity index is 1820. The molecule has 6 rings (SSSR count). The highest BCUT2D eigenvalue weighted by atomic mass is 32.2. The largest absolute Gasteiger partial charge is 0.755 e. The van der Waals surface area contributed by atoms with E-state index in [1.807, 2.05) is 43.3 Å². The Hall–Kier alpha value is -4.94. The van der Waals surface area contributed by atoms with Crippen LogP contribution in [-0.4, -0.2) is 38.7 Å². The van der Waals surface area contributed by atoms with E-state index in [1.54, 1.807) is 36.9 Å². The molecule has 0 aliphatic heterocycles. The number of H-pyrrole nitrogens is 1. The second-order valence-electron chi connectivity index (χ2n) is 8.40. The van der Waals surface area contributed by atoms with Crippen LogP contribution in [0.4, 0.5) is 28.7 Å². The lowest BCUT2D eigenvalue weighted by molar-refractivity contribution is 0.542. The first-order chi connectivity index (χ1) is 18.6. The molecule has 2 aromatic carbocycles. The highest BCUT2D eigenvalue weighted by Crippen LogP contribution is 2.36. The summed E-state index contributed by atoms with van der Waals surface area (Å²) in [5, 5.41) is 8.63. The van der Waals surface area contributed by atoms with E-state index in [9.17, 15) is 8.76 Å². The number of aromatic amines is 1. The Balaban J connectivity index is 1.40. The summed E-state index contributed by atoms with van der Waals surface area (Å²) < 4.78 is 24.4. The van der Waals surface area contributed by atoms with Crippen molar-refractivity contribution in [3.8, 4) is 11.3 Å². The average molecular weight is 523 g/mol. The fourth-order valence-electron chi connectivity index (χ4n) is 4.31. The number of imidazole rings is 1. The van der Waals surface area contributed by atoms with Gasteiger partial charge in [-0.25, -0.2) is 24.9 Å². The zero-order chi connectivity index (χ0) is 26.1. The van der Waals surface area contributed by atoms with Crippen LogP contribution in [0.2, 0.25) is 0 Å². The fourth-order valence-corrected chi connectivity index (χ4v) is 4.63. The van der Waals surface area contributed by atoms with Gasteiger partial charge in [-0.1, -0.05) is 18.2 Å². The number of benzene rings is 2. The molecule has 4 aromatic heterocycles. The molecule has 0 aliphatic rings. The third-order valence-electron chi connectivity index (χ3n) is 6.01. The first kappa shape index (κ1) is 23.5. The van der Waals surface area contributed by atoms with E-state index in [0.717, 1.165) is 33.1 Å². The maximum atomic E-state index is 11.0. The molecule has 1 unspecified atom stereocenters. The number of nitrogens with zero attached hydrogens (tertiary/aromatic N) is 5. The topological polar surface area (TPSA) is 156 Å². The van der Waals surface area contributed by atoms with Crippen molar-refractivity contribution < 1.29 is 8.76 Å². The van der Waals surface area contributed by atoms with Crippen LogP contribution in [0.1, 0.15) is 5.56 Å². The van der Waals surface area contributed by atoms with Crippen molar-refractivity contribution in [2.75, 3.05) is 15.4 Å². The molecule has 0 bridgehead atoms. The third kappa shape index (κ3) is 4.49. The third-order valence-corrected chi connectivity index (χ3v) is 6.41. The lowest BCUT2D eigenvalue weighted by atomic mass is 10.0. The van der Waals surface area contributed by atoms with Gasteiger partial charge in [0.05, 0.1) is 12.0 Å². The van der Waals surface area contributed by atoms with Crippen LogP contribution in [0, 0.1) is 6.92 Å². The molecule has 11 nitrogen and oxygen atoms in total. The predicted octanol–water partition coefficient (Wildman–Crippen LogP) is 4.96. The van der Waals surface area contributed by atoms with Crippen molar-refractivity contribution in [1.29, 1.82) is 0 Å². The van der Waals surface area contributed by atoms with Crippen LogP contribution >= 0.6 is 0 Å². The van der Waals surface area contributed by atoms with Gasteiger partial charge in [0.15, 0.2) is 5.65 Å². The Kier molecular flexibility index (Phi) is 6.08. The molecule has 0 spiro atoms. The summed E-state index contributed by atoms with van der Waals surface area (Å²) in [6, 6.07) is 16.7. The molecule has 0 saturated carbocycles. The zero-order valence-electron chi connectivity index (χ0n) is 20.0. The standard InChI is InChI=1S/C26H21N9O2S/c1-15-7-8-19-18(9-11-28-24(19)33-16-4-2-5-17(12-16)35-38(36)37)21(15)34-25-20(6-3-10-27-25)22-23-26(31-13-29-22)32-14-30-23/h2-14,35H,1H3,(H,27,34)(H,28,33)(H,36,37)(H,29,30,31,32)/p-1. The van der Waals surface area contributed by atoms with Crippen molar-refractivity contribution >= 4 is 61.9 Å². The maximum Gasteiger partial charge on any atom is 0.181 e. The molecule has 188 valence electrons. The Morgan fingerprint density at radius 1 is 0.842 bits per heavy atom. The summed E-state index contributed by atoms with van der Waals surface area (Å²) in [5.41, 5.74) is 5.82. The number of anilines is 5. The van der Waals surface area contributed by atoms with Gasteiger partial charge in [-0.15, -0.1) is 0 Å². The van der Waals surface area contributed by atoms with Gasteiger partial charge in [-0.05, 0) is 48.9 Å². The molecule has 0 aliphatic carbocycles. The van der Waals surface area contributed by atoms with Gasteiger partial charge in [0.2, 0.25) is 0 Å². The van der Waals surface area contributed by atoms with E-state index in [0.29, 0.717) is 34.4 Å². The normalized spacial score (nSPS) is 11.9. The molecule has 4 N–H and O–H groups in total. The number of hydrogen-bond acceptors (Lipinski definition) is 9. The second-order valence-corrected chi connectivity index (χ2v) is 9.08. The van der Waals surface area contributed by atoms with Crippen LogP contribution in [0.25, 0.3) is 33.2 Å². The molecule has 12 heteroatoms. The molecule has 1 atom stereocenters. The van der Waals surface area contributed by atoms with Crippen molar-refractivity contribution in [2.24, 2.45) is 0 Å². The summed E-state index contributed by atoms with van der Waals surface area (Å²) in [6.45, 7) is 2.02. The van der Waals surface area contributed by atoms with E-state index in [1.165, 1.54) is 6.33 Å². The van der Waals surface area contributed by atoms with E-state index in [4.69, 9.17) is 0 Å². The number of aryl methyl sites for hydroxylation is 1. The minimum absolute atomic E-state index is 0.445. The molecule has 0 saturated heterocycles. The Morgan fingerprint density at radius 3 is 2.61 bits per heavy atom. The van der Waals surface area contributed by atoms with Crippen LogP contribution in [0.5, 0.6) is 0 Å². The van der Waals surface area contributed by atoms with E-state index < -0.39 is 11.3 Å². The van der Waals surface area contributed by atoms with E-state index >= 15 is 0 Å². The summed E-state index contributed by atoms with van der Waals surface area (Å²) in [6.07, 6.45) is 6.53. The highest BCUT2D eigenvalue weighted by Gasteiger charge is 2.16. The van der Waals surface area contributed by atoms with Crippen molar-refractivity contribution in [2.45, 2.75) is 6.92 Å². The minimum Gasteiger partial charge on any atom is -0.755 e. The quantitative estimate of drug-likeness (QED) is 0.213. The fraction of sp³-hybridized carbons (Fsp3) is 0.0385. The lowest BCUT2D eigenvalue weighted by Crippen LogP contribution is -2.03. The number of fused-ring (bicyclic) bond motifs is 2. The summed E-state index contributed by atoms with van der Waals surface area (Å²) >= 11 is -2.41. The molecule has 0 fully saturated rings. The van der Waals surface area contributed by atoms with Crippen LogP contribution in [-0.2, 0) is 11.3 Å². The minimum atomic E-state index is -2.41. The monoisotopic (exact) mass is 522 g/mol.